The molecule has 1 atom stereocenters. The van der Waals surface area contributed by atoms with Gasteiger partial charge in [-0.1, -0.05) is 18.2 Å². The third-order valence-corrected chi connectivity index (χ3v) is 5.27. The lowest BCUT2D eigenvalue weighted by molar-refractivity contribution is 0.441. The smallest absolute Gasteiger partial charge is 0.321 e. The van der Waals surface area contributed by atoms with E-state index in [0.717, 1.165) is 24.4 Å². The van der Waals surface area contributed by atoms with Crippen LogP contribution in [0.3, 0.4) is 0 Å². The Morgan fingerprint density at radius 1 is 0.966 bits per heavy atom. The molecule has 4 rings (SSSR count). The van der Waals surface area contributed by atoms with Crippen molar-refractivity contribution >= 4 is 11.3 Å². The first-order valence-electron chi connectivity index (χ1n) is 9.47. The van der Waals surface area contributed by atoms with Crippen LogP contribution in [0, 0.1) is 6.92 Å². The number of thiophene rings is 1. The maximum absolute atomic E-state index is 5.66. The van der Waals surface area contributed by atoms with Crippen LogP contribution in [0.15, 0.2) is 77.9 Å². The fourth-order valence-electron chi connectivity index (χ4n) is 2.97. The molecule has 0 unspecified atom stereocenters. The van der Waals surface area contributed by atoms with Crippen LogP contribution in [0.25, 0.3) is 0 Å². The van der Waals surface area contributed by atoms with E-state index in [1.807, 2.05) is 18.3 Å². The van der Waals surface area contributed by atoms with E-state index in [2.05, 4.69) is 68.3 Å². The number of aromatic nitrogens is 3. The van der Waals surface area contributed by atoms with Gasteiger partial charge >= 0.3 is 6.01 Å². The van der Waals surface area contributed by atoms with E-state index >= 15 is 0 Å². The number of hydrogen-bond acceptors (Lipinski definition) is 6. The lowest BCUT2D eigenvalue weighted by Crippen LogP contribution is -2.23. The van der Waals surface area contributed by atoms with Crippen molar-refractivity contribution in [2.24, 2.45) is 0 Å². The van der Waals surface area contributed by atoms with Crippen LogP contribution in [0.2, 0.25) is 0 Å². The molecule has 1 N–H and O–H groups in total. The Morgan fingerprint density at radius 3 is 2.48 bits per heavy atom. The normalized spacial score (nSPS) is 11.9. The Bertz CT molecular complexity index is 1000. The molecule has 0 aliphatic heterocycles. The molecular weight excluding hydrogens is 380 g/mol. The number of ether oxygens (including phenoxy) is 1. The van der Waals surface area contributed by atoms with Crippen molar-refractivity contribution in [1.82, 2.24) is 20.3 Å². The Kier molecular flexibility index (Phi) is 6.24. The number of rotatable bonds is 8. The maximum atomic E-state index is 5.66. The third-order valence-electron chi connectivity index (χ3n) is 4.54. The van der Waals surface area contributed by atoms with E-state index in [1.165, 1.54) is 16.7 Å². The summed E-state index contributed by atoms with van der Waals surface area (Å²) in [5.41, 5.74) is 4.72. The predicted molar refractivity (Wildman–Crippen MR) is 115 cm³/mol. The molecule has 0 saturated heterocycles. The van der Waals surface area contributed by atoms with Gasteiger partial charge in [0.15, 0.2) is 0 Å². The molecule has 4 aromatic rings. The molecule has 146 valence electrons. The van der Waals surface area contributed by atoms with E-state index in [9.17, 15) is 0 Å². The van der Waals surface area contributed by atoms with E-state index in [0.29, 0.717) is 6.01 Å². The largest absolute Gasteiger partial charge is 0.424 e. The van der Waals surface area contributed by atoms with Crippen molar-refractivity contribution in [2.75, 3.05) is 0 Å². The summed E-state index contributed by atoms with van der Waals surface area (Å²) in [6, 6.07) is 16.6. The van der Waals surface area contributed by atoms with Gasteiger partial charge in [0.05, 0.1) is 11.7 Å². The predicted octanol–water partition coefficient (Wildman–Crippen LogP) is 5.11. The van der Waals surface area contributed by atoms with Crippen molar-refractivity contribution in [2.45, 2.75) is 25.9 Å². The molecule has 29 heavy (non-hydrogen) atoms. The summed E-state index contributed by atoms with van der Waals surface area (Å²) in [6.07, 6.45) is 6.15. The highest BCUT2D eigenvalue weighted by Crippen LogP contribution is 2.21. The summed E-state index contributed by atoms with van der Waals surface area (Å²) < 4.78 is 5.66. The van der Waals surface area contributed by atoms with Gasteiger partial charge < -0.3 is 10.1 Å². The zero-order valence-corrected chi connectivity index (χ0v) is 17.0. The third kappa shape index (κ3) is 5.47. The molecule has 0 radical (unpaired) electrons. The van der Waals surface area contributed by atoms with Crippen LogP contribution in [0.4, 0.5) is 0 Å². The van der Waals surface area contributed by atoms with Crippen molar-refractivity contribution in [1.29, 1.82) is 0 Å². The number of hydrogen-bond donors (Lipinski definition) is 1. The summed E-state index contributed by atoms with van der Waals surface area (Å²) in [4.78, 5) is 12.8. The Hall–Kier alpha value is -3.09. The van der Waals surface area contributed by atoms with Gasteiger partial charge in [0.2, 0.25) is 0 Å². The molecule has 0 aliphatic rings. The van der Waals surface area contributed by atoms with Gasteiger partial charge in [-0.05, 0) is 71.1 Å². The summed E-state index contributed by atoms with van der Waals surface area (Å²) in [5, 5.41) is 7.97. The topological polar surface area (TPSA) is 59.9 Å². The van der Waals surface area contributed by atoms with Crippen molar-refractivity contribution in [3.05, 3.63) is 100 Å². The Labute approximate surface area is 174 Å². The standard InChI is InChI=1S/C23H22N4OS/c1-17-3-8-21(26-14-17)22(13-19-9-12-29-16-19)27-15-18-4-6-20(7-5-18)28-23-24-10-2-11-25-23/h2-12,14,16,22,27H,13,15H2,1H3/t22-/m0/s1. The van der Waals surface area contributed by atoms with Crippen molar-refractivity contribution in [3.63, 3.8) is 0 Å². The van der Waals surface area contributed by atoms with Crippen LogP contribution in [-0.4, -0.2) is 15.0 Å². The first-order chi connectivity index (χ1) is 14.3. The number of nitrogens with zero attached hydrogens (tertiary/aromatic N) is 3. The van der Waals surface area contributed by atoms with Crippen LogP contribution in [0.1, 0.15) is 28.4 Å². The van der Waals surface area contributed by atoms with Gasteiger partial charge in [-0.15, -0.1) is 0 Å². The second-order valence-electron chi connectivity index (χ2n) is 6.81. The highest BCUT2D eigenvalue weighted by Gasteiger charge is 2.14. The highest BCUT2D eigenvalue weighted by atomic mass is 32.1. The monoisotopic (exact) mass is 402 g/mol. The molecule has 0 saturated carbocycles. The molecule has 0 aliphatic carbocycles. The molecule has 3 heterocycles. The average Bonchev–Trinajstić information content (AvgIpc) is 3.27. The Morgan fingerprint density at radius 2 is 1.79 bits per heavy atom. The lowest BCUT2D eigenvalue weighted by atomic mass is 10.0. The maximum Gasteiger partial charge on any atom is 0.321 e. The molecule has 6 heteroatoms. The first-order valence-corrected chi connectivity index (χ1v) is 10.4. The SMILES string of the molecule is Cc1ccc([C@H](Cc2ccsc2)NCc2ccc(Oc3ncccn3)cc2)nc1. The summed E-state index contributed by atoms with van der Waals surface area (Å²) >= 11 is 1.72. The minimum Gasteiger partial charge on any atom is -0.424 e. The lowest BCUT2D eigenvalue weighted by Gasteiger charge is -2.18. The molecular formula is C23H22N4OS. The quantitative estimate of drug-likeness (QED) is 0.444. The zero-order valence-electron chi connectivity index (χ0n) is 16.2. The second-order valence-corrected chi connectivity index (χ2v) is 7.59. The van der Waals surface area contributed by atoms with Crippen molar-refractivity contribution in [3.8, 4) is 11.8 Å². The van der Waals surface area contributed by atoms with E-state index in [4.69, 9.17) is 4.74 Å². The number of aryl methyl sites for hydroxylation is 1. The van der Waals surface area contributed by atoms with Gasteiger partial charge in [0, 0.05) is 25.1 Å². The summed E-state index contributed by atoms with van der Waals surface area (Å²) in [5.74, 6) is 0.718. The number of benzene rings is 1. The first kappa shape index (κ1) is 19.2. The van der Waals surface area contributed by atoms with Crippen LogP contribution >= 0.6 is 11.3 Å². The Balaban J connectivity index is 1.42. The number of pyridine rings is 1. The van der Waals surface area contributed by atoms with Gasteiger partial charge in [-0.3, -0.25) is 4.98 Å². The van der Waals surface area contributed by atoms with Gasteiger partial charge in [-0.25, -0.2) is 9.97 Å². The highest BCUT2D eigenvalue weighted by molar-refractivity contribution is 7.07. The zero-order chi connectivity index (χ0) is 19.9. The van der Waals surface area contributed by atoms with E-state index < -0.39 is 0 Å². The van der Waals surface area contributed by atoms with Crippen molar-refractivity contribution < 1.29 is 4.74 Å². The molecule has 5 nitrogen and oxygen atoms in total. The molecule has 0 amide bonds. The fourth-order valence-corrected chi connectivity index (χ4v) is 3.65. The molecule has 0 bridgehead atoms. The van der Waals surface area contributed by atoms with Crippen LogP contribution in [-0.2, 0) is 13.0 Å². The minimum atomic E-state index is 0.152. The summed E-state index contributed by atoms with van der Waals surface area (Å²) in [7, 11) is 0. The van der Waals surface area contributed by atoms with Gasteiger partial charge in [0.25, 0.3) is 0 Å². The minimum absolute atomic E-state index is 0.152. The molecule has 0 fully saturated rings. The molecule has 0 spiro atoms. The fraction of sp³-hybridized carbons (Fsp3) is 0.174. The van der Waals surface area contributed by atoms with E-state index in [1.54, 1.807) is 29.8 Å². The number of nitrogens with one attached hydrogen (secondary N) is 1. The average molecular weight is 403 g/mol. The van der Waals surface area contributed by atoms with Crippen LogP contribution < -0.4 is 10.1 Å². The summed E-state index contributed by atoms with van der Waals surface area (Å²) in [6.45, 7) is 2.80. The molecule has 3 aromatic heterocycles. The van der Waals surface area contributed by atoms with Gasteiger partial charge in [0.1, 0.15) is 5.75 Å². The second kappa shape index (κ2) is 9.41. The van der Waals surface area contributed by atoms with Crippen LogP contribution in [0.5, 0.6) is 11.8 Å². The molecule has 1 aromatic carbocycles. The van der Waals surface area contributed by atoms with Gasteiger partial charge in [-0.2, -0.15) is 11.3 Å². The van der Waals surface area contributed by atoms with E-state index in [-0.39, 0.29) is 6.04 Å².